The zero-order valence-electron chi connectivity index (χ0n) is 13.6. The molecule has 0 saturated heterocycles. The van der Waals surface area contributed by atoms with Crippen molar-refractivity contribution in [3.05, 3.63) is 86.5 Å². The van der Waals surface area contributed by atoms with Gasteiger partial charge in [0.1, 0.15) is 4.49 Å². The first-order chi connectivity index (χ1) is 12.1. The van der Waals surface area contributed by atoms with Crippen molar-refractivity contribution in [2.75, 3.05) is 0 Å². The molecular weight excluding hydrogens is 373 g/mol. The van der Waals surface area contributed by atoms with Crippen LogP contribution in [0.25, 0.3) is 23.1 Å². The molecule has 0 fully saturated rings. The Labute approximate surface area is 162 Å². The lowest BCUT2D eigenvalue weighted by atomic mass is 10.0. The van der Waals surface area contributed by atoms with Crippen molar-refractivity contribution in [1.82, 2.24) is 4.98 Å². The minimum absolute atomic E-state index is 0.221. The highest BCUT2D eigenvalue weighted by atomic mass is 35.5. The van der Waals surface area contributed by atoms with Gasteiger partial charge in [0, 0.05) is 10.9 Å². The standard InChI is InChI=1S/C21H16Cl3N/c1-14-6-5-9-17-20(24)16(11-13-19(22)23)18(25-21(14)17)12-10-15-7-3-2-4-8-15/h2-10,12-13H,11H2,1H3/b12-10+. The van der Waals surface area contributed by atoms with Crippen molar-refractivity contribution < 1.29 is 0 Å². The van der Waals surface area contributed by atoms with Crippen molar-refractivity contribution in [3.8, 4) is 0 Å². The lowest BCUT2D eigenvalue weighted by Gasteiger charge is -2.11. The number of pyridine rings is 1. The SMILES string of the molecule is Cc1cccc2c(Cl)c(CC=C(Cl)Cl)c(/C=C/c3ccccc3)nc12. The molecular formula is C21H16Cl3N. The molecule has 0 bridgehead atoms. The van der Waals surface area contributed by atoms with Gasteiger partial charge in [-0.15, -0.1) is 0 Å². The Bertz CT molecular complexity index is 956. The fourth-order valence-electron chi connectivity index (χ4n) is 2.70. The van der Waals surface area contributed by atoms with E-state index < -0.39 is 0 Å². The molecule has 0 radical (unpaired) electrons. The molecule has 4 heteroatoms. The lowest BCUT2D eigenvalue weighted by molar-refractivity contribution is 1.20. The van der Waals surface area contributed by atoms with Crippen LogP contribution in [0.3, 0.4) is 0 Å². The summed E-state index contributed by atoms with van der Waals surface area (Å²) < 4.78 is 0.221. The van der Waals surface area contributed by atoms with Crippen LogP contribution in [-0.4, -0.2) is 4.98 Å². The Morgan fingerprint density at radius 2 is 1.76 bits per heavy atom. The third-order valence-electron chi connectivity index (χ3n) is 3.97. The van der Waals surface area contributed by atoms with Crippen LogP contribution in [0, 0.1) is 6.92 Å². The minimum Gasteiger partial charge on any atom is -0.248 e. The van der Waals surface area contributed by atoms with Crippen molar-refractivity contribution in [2.24, 2.45) is 0 Å². The number of fused-ring (bicyclic) bond motifs is 1. The number of nitrogens with zero attached hydrogens (tertiary/aromatic N) is 1. The zero-order chi connectivity index (χ0) is 17.8. The first-order valence-electron chi connectivity index (χ1n) is 7.88. The Kier molecular flexibility index (Phi) is 5.80. The largest absolute Gasteiger partial charge is 0.248 e. The summed E-state index contributed by atoms with van der Waals surface area (Å²) in [5, 5.41) is 1.62. The van der Waals surface area contributed by atoms with Gasteiger partial charge in [-0.1, -0.05) is 89.4 Å². The van der Waals surface area contributed by atoms with Crippen LogP contribution >= 0.6 is 34.8 Å². The fourth-order valence-corrected chi connectivity index (χ4v) is 3.18. The first-order valence-corrected chi connectivity index (χ1v) is 9.01. The van der Waals surface area contributed by atoms with E-state index in [0.717, 1.165) is 33.3 Å². The highest BCUT2D eigenvalue weighted by Gasteiger charge is 2.12. The maximum atomic E-state index is 6.69. The van der Waals surface area contributed by atoms with E-state index in [9.17, 15) is 0 Å². The lowest BCUT2D eigenvalue weighted by Crippen LogP contribution is -1.97. The summed E-state index contributed by atoms with van der Waals surface area (Å²) in [5.41, 5.74) is 4.82. The van der Waals surface area contributed by atoms with Crippen molar-refractivity contribution >= 4 is 57.9 Å². The molecule has 0 aliphatic rings. The highest BCUT2D eigenvalue weighted by Crippen LogP contribution is 2.32. The second-order valence-corrected chi connectivity index (χ2v) is 7.09. The van der Waals surface area contributed by atoms with Crippen LogP contribution < -0.4 is 0 Å². The molecule has 126 valence electrons. The second kappa shape index (κ2) is 8.05. The number of aryl methyl sites for hydroxylation is 1. The number of hydrogen-bond acceptors (Lipinski definition) is 1. The third kappa shape index (κ3) is 4.24. The summed E-state index contributed by atoms with van der Waals surface area (Å²) in [7, 11) is 0. The third-order valence-corrected chi connectivity index (χ3v) is 4.71. The Morgan fingerprint density at radius 3 is 2.48 bits per heavy atom. The smallest absolute Gasteiger partial charge is 0.103 e. The average molecular weight is 389 g/mol. The van der Waals surface area contributed by atoms with Crippen molar-refractivity contribution in [2.45, 2.75) is 13.3 Å². The maximum absolute atomic E-state index is 6.69. The first kappa shape index (κ1) is 18.0. The van der Waals surface area contributed by atoms with E-state index in [2.05, 4.69) is 0 Å². The van der Waals surface area contributed by atoms with Gasteiger partial charge >= 0.3 is 0 Å². The van der Waals surface area contributed by atoms with Gasteiger partial charge in [-0.25, -0.2) is 4.98 Å². The molecule has 0 N–H and O–H groups in total. The quantitative estimate of drug-likeness (QED) is 0.459. The molecule has 3 aromatic rings. The van der Waals surface area contributed by atoms with Crippen LogP contribution in [0.1, 0.15) is 22.4 Å². The molecule has 2 aromatic carbocycles. The minimum atomic E-state index is 0.221. The number of hydrogen-bond donors (Lipinski definition) is 0. The van der Waals surface area contributed by atoms with Gasteiger partial charge < -0.3 is 0 Å². The molecule has 1 heterocycles. The molecule has 0 spiro atoms. The van der Waals surface area contributed by atoms with Crippen LogP contribution in [0.15, 0.2) is 59.1 Å². The van der Waals surface area contributed by atoms with Gasteiger partial charge in [0.25, 0.3) is 0 Å². The van der Waals surface area contributed by atoms with Crippen molar-refractivity contribution in [3.63, 3.8) is 0 Å². The molecule has 0 unspecified atom stereocenters. The highest BCUT2D eigenvalue weighted by molar-refractivity contribution is 6.55. The molecule has 1 nitrogen and oxygen atoms in total. The summed E-state index contributed by atoms with van der Waals surface area (Å²) in [6, 6.07) is 16.1. The summed E-state index contributed by atoms with van der Waals surface area (Å²) in [5.74, 6) is 0. The van der Waals surface area contributed by atoms with Gasteiger partial charge in [0.15, 0.2) is 0 Å². The van der Waals surface area contributed by atoms with Gasteiger partial charge in [-0.2, -0.15) is 0 Å². The molecule has 0 aliphatic heterocycles. The molecule has 0 saturated carbocycles. The predicted molar refractivity (Wildman–Crippen MR) is 110 cm³/mol. The van der Waals surface area contributed by atoms with E-state index in [1.807, 2.05) is 67.6 Å². The molecule has 25 heavy (non-hydrogen) atoms. The number of rotatable bonds is 4. The van der Waals surface area contributed by atoms with Gasteiger partial charge in [0.2, 0.25) is 0 Å². The van der Waals surface area contributed by atoms with E-state index in [4.69, 9.17) is 39.8 Å². The number of allylic oxidation sites excluding steroid dienone is 1. The number of para-hydroxylation sites is 1. The molecule has 0 atom stereocenters. The normalized spacial score (nSPS) is 11.2. The zero-order valence-corrected chi connectivity index (χ0v) is 15.9. The van der Waals surface area contributed by atoms with E-state index in [1.165, 1.54) is 0 Å². The van der Waals surface area contributed by atoms with Crippen LogP contribution in [-0.2, 0) is 6.42 Å². The van der Waals surface area contributed by atoms with E-state index in [0.29, 0.717) is 11.4 Å². The van der Waals surface area contributed by atoms with Gasteiger partial charge in [0.05, 0.1) is 16.2 Å². The maximum Gasteiger partial charge on any atom is 0.103 e. The second-order valence-electron chi connectivity index (χ2n) is 5.70. The Balaban J connectivity index is 2.16. The average Bonchev–Trinajstić information content (AvgIpc) is 2.61. The van der Waals surface area contributed by atoms with Crippen molar-refractivity contribution in [1.29, 1.82) is 0 Å². The summed E-state index contributed by atoms with van der Waals surface area (Å²) in [6.45, 7) is 2.03. The van der Waals surface area contributed by atoms with Gasteiger partial charge in [-0.05, 0) is 36.6 Å². The number of halogens is 3. The van der Waals surface area contributed by atoms with Gasteiger partial charge in [-0.3, -0.25) is 0 Å². The monoisotopic (exact) mass is 387 g/mol. The Morgan fingerprint density at radius 1 is 1.00 bits per heavy atom. The molecule has 0 aliphatic carbocycles. The van der Waals surface area contributed by atoms with E-state index in [-0.39, 0.29) is 4.49 Å². The molecule has 3 rings (SSSR count). The summed E-state index contributed by atoms with van der Waals surface area (Å²) in [6.07, 6.45) is 6.26. The number of aromatic nitrogens is 1. The molecule has 1 aromatic heterocycles. The van der Waals surface area contributed by atoms with Crippen LogP contribution in [0.4, 0.5) is 0 Å². The topological polar surface area (TPSA) is 12.9 Å². The predicted octanol–water partition coefficient (Wildman–Crippen LogP) is 7.23. The summed E-state index contributed by atoms with van der Waals surface area (Å²) >= 11 is 18.3. The Hall–Kier alpha value is -1.80. The van der Waals surface area contributed by atoms with Crippen LogP contribution in [0.5, 0.6) is 0 Å². The molecule has 0 amide bonds. The summed E-state index contributed by atoms with van der Waals surface area (Å²) in [4.78, 5) is 4.84. The number of benzene rings is 2. The van der Waals surface area contributed by atoms with Crippen LogP contribution in [0.2, 0.25) is 5.02 Å². The van der Waals surface area contributed by atoms with E-state index in [1.54, 1.807) is 6.08 Å². The van der Waals surface area contributed by atoms with E-state index >= 15 is 0 Å². The fraction of sp³-hybridized carbons (Fsp3) is 0.0952.